The zero-order valence-electron chi connectivity index (χ0n) is 14.8. The van der Waals surface area contributed by atoms with Crippen molar-refractivity contribution in [1.82, 2.24) is 15.6 Å². The highest BCUT2D eigenvalue weighted by Gasteiger charge is 2.16. The molecule has 1 aliphatic rings. The molecule has 2 heterocycles. The number of nitrogens with zero attached hydrogens (tertiary/aromatic N) is 2. The van der Waals surface area contributed by atoms with Crippen molar-refractivity contribution in [2.75, 3.05) is 13.1 Å². The van der Waals surface area contributed by atoms with Gasteiger partial charge in [0, 0.05) is 31.4 Å². The molecule has 1 atom stereocenters. The summed E-state index contributed by atoms with van der Waals surface area (Å²) in [5.41, 5.74) is 0.828. The van der Waals surface area contributed by atoms with Crippen molar-refractivity contribution >= 4 is 29.9 Å². The summed E-state index contributed by atoms with van der Waals surface area (Å²) >= 11 is 0. The van der Waals surface area contributed by atoms with E-state index in [4.69, 9.17) is 4.42 Å². The Kier molecular flexibility index (Phi) is 8.90. The summed E-state index contributed by atoms with van der Waals surface area (Å²) in [7, 11) is 0. The lowest BCUT2D eigenvalue weighted by atomic mass is 10.1. The highest BCUT2D eigenvalue weighted by Crippen LogP contribution is 2.17. The average molecular weight is 470 g/mol. The molecule has 0 radical (unpaired) electrons. The van der Waals surface area contributed by atoms with Crippen LogP contribution in [-0.4, -0.2) is 35.2 Å². The number of aromatic nitrogens is 1. The van der Waals surface area contributed by atoms with Gasteiger partial charge in [0.05, 0.1) is 18.9 Å². The van der Waals surface area contributed by atoms with Gasteiger partial charge in [-0.25, -0.2) is 0 Å². The Morgan fingerprint density at radius 1 is 1.27 bits per heavy atom. The summed E-state index contributed by atoms with van der Waals surface area (Å²) in [6, 6.07) is 7.96. The van der Waals surface area contributed by atoms with Crippen molar-refractivity contribution in [3.8, 4) is 0 Å². The topological polar surface area (TPSA) is 82.7 Å². The number of halogens is 1. The quantitative estimate of drug-likeness (QED) is 0.329. The standard InChI is InChI=1S/C19H26N4O2.HI/c24-18(15-7-10-20-11-8-15)14-22-19(23-16-4-1-2-5-16)21-12-9-17-6-3-13-25-17;/h3,6-8,10-11,13,16,18,24H,1-2,4-5,9,12,14H2,(H2,21,22,23);1H. The highest BCUT2D eigenvalue weighted by atomic mass is 127. The number of furan rings is 1. The highest BCUT2D eigenvalue weighted by molar-refractivity contribution is 14.0. The van der Waals surface area contributed by atoms with Crippen molar-refractivity contribution in [1.29, 1.82) is 0 Å². The third kappa shape index (κ3) is 6.60. The summed E-state index contributed by atoms with van der Waals surface area (Å²) in [5.74, 6) is 1.70. The van der Waals surface area contributed by atoms with Crippen LogP contribution in [0.25, 0.3) is 0 Å². The van der Waals surface area contributed by atoms with E-state index in [2.05, 4.69) is 20.6 Å². The fraction of sp³-hybridized carbons (Fsp3) is 0.474. The van der Waals surface area contributed by atoms with E-state index in [1.165, 1.54) is 25.7 Å². The molecular formula is C19H27IN4O2. The minimum absolute atomic E-state index is 0. The molecule has 3 N–H and O–H groups in total. The van der Waals surface area contributed by atoms with Gasteiger partial charge in [-0.2, -0.15) is 0 Å². The van der Waals surface area contributed by atoms with E-state index in [0.717, 1.165) is 30.2 Å². The van der Waals surface area contributed by atoms with Crippen molar-refractivity contribution < 1.29 is 9.52 Å². The van der Waals surface area contributed by atoms with Crippen LogP contribution in [0.2, 0.25) is 0 Å². The van der Waals surface area contributed by atoms with Crippen LogP contribution in [0.4, 0.5) is 0 Å². The number of hydrogen-bond donors (Lipinski definition) is 3. The molecule has 0 aromatic carbocycles. The van der Waals surface area contributed by atoms with Crippen LogP contribution in [0.3, 0.4) is 0 Å². The Morgan fingerprint density at radius 3 is 2.73 bits per heavy atom. The first kappa shape index (κ1) is 20.7. The minimum Gasteiger partial charge on any atom is -0.469 e. The number of nitrogens with one attached hydrogen (secondary N) is 2. The summed E-state index contributed by atoms with van der Waals surface area (Å²) in [6.45, 7) is 1.05. The van der Waals surface area contributed by atoms with E-state index in [1.54, 1.807) is 18.7 Å². The van der Waals surface area contributed by atoms with Crippen molar-refractivity contribution in [2.24, 2.45) is 4.99 Å². The van der Waals surface area contributed by atoms with Gasteiger partial charge in [-0.15, -0.1) is 24.0 Å². The number of aliphatic hydroxyl groups excluding tert-OH is 1. The molecule has 2 aromatic heterocycles. The molecule has 1 unspecified atom stereocenters. The maximum absolute atomic E-state index is 10.3. The Hall–Kier alpha value is -1.61. The molecular weight excluding hydrogens is 443 g/mol. The van der Waals surface area contributed by atoms with Crippen LogP contribution in [0.1, 0.15) is 43.1 Å². The van der Waals surface area contributed by atoms with Gasteiger partial charge in [-0.05, 0) is 42.7 Å². The predicted octanol–water partition coefficient (Wildman–Crippen LogP) is 3.05. The normalized spacial score (nSPS) is 16.1. The molecule has 26 heavy (non-hydrogen) atoms. The third-order valence-corrected chi connectivity index (χ3v) is 4.45. The summed E-state index contributed by atoms with van der Waals surface area (Å²) in [6.07, 6.45) is 10.1. The maximum Gasteiger partial charge on any atom is 0.191 e. The molecule has 1 fully saturated rings. The molecule has 142 valence electrons. The van der Waals surface area contributed by atoms with Gasteiger partial charge in [-0.3, -0.25) is 9.98 Å². The molecule has 1 aliphatic carbocycles. The zero-order valence-corrected chi connectivity index (χ0v) is 17.1. The van der Waals surface area contributed by atoms with Crippen LogP contribution >= 0.6 is 24.0 Å². The zero-order chi connectivity index (χ0) is 17.3. The second-order valence-corrected chi connectivity index (χ2v) is 6.37. The van der Waals surface area contributed by atoms with E-state index < -0.39 is 6.10 Å². The Morgan fingerprint density at radius 2 is 2.04 bits per heavy atom. The number of pyridine rings is 1. The predicted molar refractivity (Wildman–Crippen MR) is 113 cm³/mol. The summed E-state index contributed by atoms with van der Waals surface area (Å²) < 4.78 is 5.36. The molecule has 0 spiro atoms. The first-order chi connectivity index (χ1) is 12.3. The van der Waals surface area contributed by atoms with Crippen LogP contribution in [-0.2, 0) is 6.42 Å². The fourth-order valence-corrected chi connectivity index (χ4v) is 3.04. The van der Waals surface area contributed by atoms with Crippen LogP contribution < -0.4 is 10.6 Å². The number of guanidine groups is 1. The number of rotatable bonds is 7. The van der Waals surface area contributed by atoms with Crippen LogP contribution in [0, 0.1) is 0 Å². The van der Waals surface area contributed by atoms with Crippen molar-refractivity contribution in [2.45, 2.75) is 44.2 Å². The second kappa shape index (κ2) is 11.2. The molecule has 1 saturated carbocycles. The van der Waals surface area contributed by atoms with E-state index in [1.807, 2.05) is 24.3 Å². The van der Waals surface area contributed by atoms with Gasteiger partial charge in [0.15, 0.2) is 5.96 Å². The summed E-state index contributed by atoms with van der Waals surface area (Å²) in [4.78, 5) is 8.55. The Balaban J connectivity index is 0.00000243. The van der Waals surface area contributed by atoms with Gasteiger partial charge < -0.3 is 20.2 Å². The number of hydrogen-bond acceptors (Lipinski definition) is 4. The summed E-state index contributed by atoms with van der Waals surface area (Å²) in [5, 5.41) is 17.1. The first-order valence-corrected chi connectivity index (χ1v) is 8.96. The second-order valence-electron chi connectivity index (χ2n) is 6.37. The van der Waals surface area contributed by atoms with E-state index in [9.17, 15) is 5.11 Å². The monoisotopic (exact) mass is 470 g/mol. The molecule has 7 heteroatoms. The first-order valence-electron chi connectivity index (χ1n) is 8.96. The lowest BCUT2D eigenvalue weighted by molar-refractivity contribution is 0.187. The van der Waals surface area contributed by atoms with E-state index in [-0.39, 0.29) is 24.0 Å². The van der Waals surface area contributed by atoms with Crippen molar-refractivity contribution in [3.05, 3.63) is 54.2 Å². The van der Waals surface area contributed by atoms with Crippen LogP contribution in [0.15, 0.2) is 52.3 Å². The molecule has 2 aromatic rings. The molecule has 6 nitrogen and oxygen atoms in total. The molecule has 0 aliphatic heterocycles. The minimum atomic E-state index is -0.629. The smallest absolute Gasteiger partial charge is 0.191 e. The fourth-order valence-electron chi connectivity index (χ4n) is 3.04. The Bertz CT molecular complexity index is 643. The molecule has 0 bridgehead atoms. The molecule has 0 saturated heterocycles. The van der Waals surface area contributed by atoms with Gasteiger partial charge in [0.25, 0.3) is 0 Å². The van der Waals surface area contributed by atoms with E-state index >= 15 is 0 Å². The van der Waals surface area contributed by atoms with Gasteiger partial charge in [0.2, 0.25) is 0 Å². The maximum atomic E-state index is 10.3. The van der Waals surface area contributed by atoms with E-state index in [0.29, 0.717) is 12.6 Å². The van der Waals surface area contributed by atoms with Crippen LogP contribution in [0.5, 0.6) is 0 Å². The Labute approximate surface area is 171 Å². The third-order valence-electron chi connectivity index (χ3n) is 4.45. The average Bonchev–Trinajstić information content (AvgIpc) is 3.34. The molecule has 0 amide bonds. The lowest BCUT2D eigenvalue weighted by Gasteiger charge is -2.18. The lowest BCUT2D eigenvalue weighted by Crippen LogP contribution is -2.43. The van der Waals surface area contributed by atoms with Crippen molar-refractivity contribution in [3.63, 3.8) is 0 Å². The van der Waals surface area contributed by atoms with Gasteiger partial charge in [0.1, 0.15) is 5.76 Å². The number of aliphatic imine (C=N–C) groups is 1. The number of aliphatic hydroxyl groups is 1. The largest absolute Gasteiger partial charge is 0.469 e. The SMILES string of the molecule is I.OC(CN=C(NCCc1ccco1)NC1CCCC1)c1ccncc1. The van der Waals surface area contributed by atoms with Gasteiger partial charge >= 0.3 is 0 Å². The van der Waals surface area contributed by atoms with Gasteiger partial charge in [-0.1, -0.05) is 12.8 Å². The molecule has 3 rings (SSSR count).